The minimum atomic E-state index is -0.401. The summed E-state index contributed by atoms with van der Waals surface area (Å²) in [4.78, 5) is 33.7. The Kier molecular flexibility index (Phi) is 6.31. The van der Waals surface area contributed by atoms with Crippen molar-refractivity contribution in [3.63, 3.8) is 0 Å². The van der Waals surface area contributed by atoms with Crippen LogP contribution in [-0.4, -0.2) is 41.8 Å². The third kappa shape index (κ3) is 4.40. The van der Waals surface area contributed by atoms with Crippen LogP contribution >= 0.6 is 0 Å². The molecule has 3 rings (SSSR count). The van der Waals surface area contributed by atoms with Crippen LogP contribution in [0, 0.1) is 6.92 Å². The molecule has 0 aliphatic carbocycles. The normalized spacial score (nSPS) is 10.4. The maximum atomic E-state index is 12.6. The summed E-state index contributed by atoms with van der Waals surface area (Å²) >= 11 is 0. The van der Waals surface area contributed by atoms with E-state index in [1.807, 2.05) is 6.07 Å². The van der Waals surface area contributed by atoms with Gasteiger partial charge in [0, 0.05) is 30.1 Å². The molecule has 0 spiro atoms. The van der Waals surface area contributed by atoms with E-state index < -0.39 is 5.91 Å². The lowest BCUT2D eigenvalue weighted by molar-refractivity contribution is -0.116. The third-order valence-electron chi connectivity index (χ3n) is 4.38. The summed E-state index contributed by atoms with van der Waals surface area (Å²) in [5.74, 6) is 1.23. The number of hydrogen-bond acceptors (Lipinski definition) is 7. The van der Waals surface area contributed by atoms with Crippen molar-refractivity contribution < 1.29 is 19.0 Å². The van der Waals surface area contributed by atoms with E-state index in [-0.39, 0.29) is 12.1 Å². The molecule has 0 radical (unpaired) electrons. The molecule has 1 N–H and O–H groups in total. The molecule has 0 fully saturated rings. The van der Waals surface area contributed by atoms with Crippen LogP contribution in [0.4, 0.5) is 5.69 Å². The fraction of sp³-hybridized carbons (Fsp3) is 0.238. The van der Waals surface area contributed by atoms with Crippen molar-refractivity contribution in [2.45, 2.75) is 13.5 Å². The monoisotopic (exact) mass is 410 g/mol. The van der Waals surface area contributed by atoms with Crippen molar-refractivity contribution in [2.24, 2.45) is 0 Å². The maximum Gasteiger partial charge on any atom is 0.254 e. The molecule has 1 amide bonds. The lowest BCUT2D eigenvalue weighted by Gasteiger charge is -2.15. The van der Waals surface area contributed by atoms with E-state index in [1.54, 1.807) is 37.4 Å². The largest absolute Gasteiger partial charge is 0.493 e. The van der Waals surface area contributed by atoms with Gasteiger partial charge in [0.1, 0.15) is 12.4 Å². The summed E-state index contributed by atoms with van der Waals surface area (Å²) in [6, 6.07) is 9.94. The van der Waals surface area contributed by atoms with Gasteiger partial charge in [-0.1, -0.05) is 6.07 Å². The first-order valence-corrected chi connectivity index (χ1v) is 9.06. The second kappa shape index (κ2) is 9.08. The Balaban J connectivity index is 1.82. The summed E-state index contributed by atoms with van der Waals surface area (Å²) < 4.78 is 17.1. The van der Waals surface area contributed by atoms with Crippen LogP contribution in [0.25, 0.3) is 11.4 Å². The molecule has 0 unspecified atom stereocenters. The Hall–Kier alpha value is -3.88. The van der Waals surface area contributed by atoms with Gasteiger partial charge in [-0.05, 0) is 19.1 Å². The van der Waals surface area contributed by atoms with Crippen molar-refractivity contribution in [3.8, 4) is 28.6 Å². The molecule has 0 aliphatic rings. The average Bonchev–Trinajstić information content (AvgIpc) is 2.75. The number of nitrogens with zero attached hydrogens (tertiary/aromatic N) is 3. The van der Waals surface area contributed by atoms with E-state index in [4.69, 9.17) is 14.2 Å². The van der Waals surface area contributed by atoms with Crippen molar-refractivity contribution in [2.75, 3.05) is 26.6 Å². The zero-order valence-corrected chi connectivity index (χ0v) is 17.1. The predicted octanol–water partition coefficient (Wildman–Crippen LogP) is 2.28. The Labute approximate surface area is 173 Å². The van der Waals surface area contributed by atoms with Gasteiger partial charge in [0.05, 0.1) is 32.7 Å². The highest BCUT2D eigenvalue weighted by atomic mass is 16.5. The molecule has 156 valence electrons. The molecule has 2 heterocycles. The zero-order chi connectivity index (χ0) is 21.7. The number of ether oxygens (including phenoxy) is 3. The highest BCUT2D eigenvalue weighted by molar-refractivity contribution is 5.91. The van der Waals surface area contributed by atoms with Crippen molar-refractivity contribution in [1.29, 1.82) is 0 Å². The number of carbonyl (C=O) groups excluding carboxylic acids is 1. The minimum absolute atomic E-state index is 0.198. The summed E-state index contributed by atoms with van der Waals surface area (Å²) in [6.45, 7) is 1.47. The fourth-order valence-corrected chi connectivity index (χ4v) is 2.96. The summed E-state index contributed by atoms with van der Waals surface area (Å²) in [5, 5.41) is 2.74. The molecule has 0 atom stereocenters. The van der Waals surface area contributed by atoms with Crippen molar-refractivity contribution >= 4 is 11.6 Å². The van der Waals surface area contributed by atoms with Gasteiger partial charge in [0.2, 0.25) is 11.7 Å². The summed E-state index contributed by atoms with van der Waals surface area (Å²) in [5.41, 5.74) is 1.15. The molecule has 0 bridgehead atoms. The molecule has 1 aromatic carbocycles. The van der Waals surface area contributed by atoms with Crippen LogP contribution in [0.15, 0.2) is 47.4 Å². The topological polar surface area (TPSA) is 105 Å². The molecule has 9 heteroatoms. The second-order valence-electron chi connectivity index (χ2n) is 6.29. The predicted molar refractivity (Wildman–Crippen MR) is 111 cm³/mol. The summed E-state index contributed by atoms with van der Waals surface area (Å²) in [6.07, 6.45) is 1.63. The Morgan fingerprint density at radius 2 is 1.73 bits per heavy atom. The van der Waals surface area contributed by atoms with Crippen LogP contribution < -0.4 is 25.1 Å². The molecule has 0 saturated carbocycles. The SMILES string of the molecule is COc1cc(NC(=O)Cn2c(C)nc(-c3ccccn3)cc2=O)cc(OC)c1OC. The Morgan fingerprint density at radius 3 is 2.27 bits per heavy atom. The van der Waals surface area contributed by atoms with Gasteiger partial charge in [-0.2, -0.15) is 0 Å². The molecule has 30 heavy (non-hydrogen) atoms. The van der Waals surface area contributed by atoms with Crippen molar-refractivity contribution in [1.82, 2.24) is 14.5 Å². The maximum absolute atomic E-state index is 12.6. The number of methoxy groups -OCH3 is 3. The van der Waals surface area contributed by atoms with E-state index in [0.29, 0.717) is 40.1 Å². The number of carbonyl (C=O) groups is 1. The van der Waals surface area contributed by atoms with E-state index in [1.165, 1.54) is 32.0 Å². The van der Waals surface area contributed by atoms with Gasteiger partial charge in [-0.25, -0.2) is 4.98 Å². The van der Waals surface area contributed by atoms with Gasteiger partial charge in [-0.15, -0.1) is 0 Å². The van der Waals surface area contributed by atoms with Crippen molar-refractivity contribution in [3.05, 3.63) is 58.8 Å². The second-order valence-corrected chi connectivity index (χ2v) is 6.29. The van der Waals surface area contributed by atoms with Gasteiger partial charge < -0.3 is 19.5 Å². The lowest BCUT2D eigenvalue weighted by atomic mass is 10.2. The van der Waals surface area contributed by atoms with Gasteiger partial charge in [0.15, 0.2) is 11.5 Å². The zero-order valence-electron chi connectivity index (χ0n) is 17.1. The molecule has 9 nitrogen and oxygen atoms in total. The number of pyridine rings is 1. The van der Waals surface area contributed by atoms with Crippen LogP contribution in [0.1, 0.15) is 5.82 Å². The number of amides is 1. The molecule has 0 aliphatic heterocycles. The minimum Gasteiger partial charge on any atom is -0.493 e. The van der Waals surface area contributed by atoms with E-state index in [9.17, 15) is 9.59 Å². The number of anilines is 1. The standard InChI is InChI=1S/C21H22N4O5/c1-13-23-16(15-7-5-6-8-22-15)11-20(27)25(13)12-19(26)24-14-9-17(28-2)21(30-4)18(10-14)29-3/h5-11H,12H2,1-4H3,(H,24,26). The quantitative estimate of drug-likeness (QED) is 0.637. The van der Waals surface area contributed by atoms with Crippen LogP contribution in [0.2, 0.25) is 0 Å². The van der Waals surface area contributed by atoms with Crippen LogP contribution in [0.3, 0.4) is 0 Å². The molecule has 2 aromatic heterocycles. The Bertz CT molecular complexity index is 1090. The summed E-state index contributed by atoms with van der Waals surface area (Å²) in [7, 11) is 4.47. The molecular weight excluding hydrogens is 388 g/mol. The van der Waals surface area contributed by atoms with E-state index in [0.717, 1.165) is 0 Å². The first-order valence-electron chi connectivity index (χ1n) is 9.06. The highest BCUT2D eigenvalue weighted by Crippen LogP contribution is 2.39. The first-order chi connectivity index (χ1) is 14.5. The Morgan fingerprint density at radius 1 is 1.03 bits per heavy atom. The fourth-order valence-electron chi connectivity index (χ4n) is 2.96. The van der Waals surface area contributed by atoms with Gasteiger partial charge >= 0.3 is 0 Å². The number of aromatic nitrogens is 3. The smallest absolute Gasteiger partial charge is 0.254 e. The third-order valence-corrected chi connectivity index (χ3v) is 4.38. The number of nitrogens with one attached hydrogen (secondary N) is 1. The molecule has 0 saturated heterocycles. The number of benzene rings is 1. The average molecular weight is 410 g/mol. The molecular formula is C21H22N4O5. The number of rotatable bonds is 7. The van der Waals surface area contributed by atoms with Crippen LogP contribution in [-0.2, 0) is 11.3 Å². The molecule has 3 aromatic rings. The van der Waals surface area contributed by atoms with E-state index >= 15 is 0 Å². The van der Waals surface area contributed by atoms with Crippen LogP contribution in [0.5, 0.6) is 17.2 Å². The van der Waals surface area contributed by atoms with Gasteiger partial charge in [-0.3, -0.25) is 19.1 Å². The first kappa shape index (κ1) is 20.8. The highest BCUT2D eigenvalue weighted by Gasteiger charge is 2.16. The van der Waals surface area contributed by atoms with Gasteiger partial charge in [0.25, 0.3) is 5.56 Å². The number of hydrogen-bond donors (Lipinski definition) is 1. The lowest BCUT2D eigenvalue weighted by Crippen LogP contribution is -2.30. The van der Waals surface area contributed by atoms with E-state index in [2.05, 4.69) is 15.3 Å². The number of aryl methyl sites for hydroxylation is 1.